The lowest BCUT2D eigenvalue weighted by molar-refractivity contribution is -0.117. The highest BCUT2D eigenvalue weighted by Gasteiger charge is 2.24. The Kier molecular flexibility index (Phi) is 8.08. The molecule has 0 radical (unpaired) electrons. The van der Waals surface area contributed by atoms with Gasteiger partial charge in [-0.25, -0.2) is 4.79 Å². The minimum atomic E-state index is -0.751. The molecule has 3 N–H and O–H groups in total. The molecule has 34 heavy (non-hydrogen) atoms. The average molecular weight is 480 g/mol. The Balaban J connectivity index is 1.42. The molecule has 0 saturated heterocycles. The maximum Gasteiger partial charge on any atom is 0.315 e. The van der Waals surface area contributed by atoms with E-state index in [-0.39, 0.29) is 18.0 Å². The molecule has 178 valence electrons. The first-order valence-electron chi connectivity index (χ1n) is 11.5. The third kappa shape index (κ3) is 6.54. The lowest BCUT2D eigenvalue weighted by Gasteiger charge is -2.25. The fourth-order valence-electron chi connectivity index (χ4n) is 4.01. The molecule has 4 rings (SSSR count). The van der Waals surface area contributed by atoms with E-state index in [1.165, 1.54) is 17.8 Å². The largest absolute Gasteiger partial charge is 0.497 e. The van der Waals surface area contributed by atoms with Crippen molar-refractivity contribution in [3.63, 3.8) is 0 Å². The van der Waals surface area contributed by atoms with Gasteiger partial charge in [0.25, 0.3) is 0 Å². The zero-order valence-corrected chi connectivity index (χ0v) is 19.9. The van der Waals surface area contributed by atoms with Crippen LogP contribution in [-0.2, 0) is 11.2 Å². The second kappa shape index (κ2) is 11.6. The third-order valence-corrected chi connectivity index (χ3v) is 6.72. The van der Waals surface area contributed by atoms with Gasteiger partial charge < -0.3 is 15.4 Å². The van der Waals surface area contributed by atoms with Crippen LogP contribution in [0.3, 0.4) is 0 Å². The molecule has 1 heterocycles. The molecule has 2 aromatic carbocycles. The van der Waals surface area contributed by atoms with Gasteiger partial charge in [0.15, 0.2) is 0 Å². The van der Waals surface area contributed by atoms with Crippen LogP contribution >= 0.6 is 11.3 Å². The maximum absolute atomic E-state index is 13.1. The number of anilines is 1. The fourth-order valence-corrected chi connectivity index (χ4v) is 4.76. The summed E-state index contributed by atoms with van der Waals surface area (Å²) in [4.78, 5) is 25.8. The van der Waals surface area contributed by atoms with Crippen LogP contribution in [0.1, 0.15) is 37.7 Å². The predicted octanol–water partition coefficient (Wildman–Crippen LogP) is 4.40. The standard InChI is InChI=1S/C25H29N5O3S/c1-33-20-14-12-18(13-15-20)23-29-30-25(34-23)28-22(31)21(16-17-8-4-2-5-9-17)27-24(32)26-19-10-6-3-7-11-19/h2,4-5,8-9,12-15,19,21H,3,6-7,10-11,16H2,1H3,(H2,26,27,32)(H,28,30,31). The van der Waals surface area contributed by atoms with Crippen molar-refractivity contribution >= 4 is 28.4 Å². The molecular formula is C25H29N5O3S. The highest BCUT2D eigenvalue weighted by atomic mass is 32.1. The quantitative estimate of drug-likeness (QED) is 0.444. The van der Waals surface area contributed by atoms with Crippen molar-refractivity contribution in [3.8, 4) is 16.3 Å². The van der Waals surface area contributed by atoms with Crippen molar-refractivity contribution in [2.45, 2.75) is 50.6 Å². The van der Waals surface area contributed by atoms with Crippen LogP contribution in [0.25, 0.3) is 10.6 Å². The van der Waals surface area contributed by atoms with Crippen LogP contribution in [0.15, 0.2) is 54.6 Å². The predicted molar refractivity (Wildman–Crippen MR) is 133 cm³/mol. The molecule has 1 fully saturated rings. The van der Waals surface area contributed by atoms with Crippen molar-refractivity contribution in [1.82, 2.24) is 20.8 Å². The molecule has 1 saturated carbocycles. The summed E-state index contributed by atoms with van der Waals surface area (Å²) < 4.78 is 5.19. The number of hydrogen-bond donors (Lipinski definition) is 3. The summed E-state index contributed by atoms with van der Waals surface area (Å²) in [6.07, 6.45) is 5.76. The molecule has 1 unspecified atom stereocenters. The van der Waals surface area contributed by atoms with Gasteiger partial charge in [0.2, 0.25) is 11.0 Å². The van der Waals surface area contributed by atoms with E-state index in [1.807, 2.05) is 54.6 Å². The molecule has 1 aromatic heterocycles. The van der Waals surface area contributed by atoms with Crippen LogP contribution in [0.5, 0.6) is 5.75 Å². The normalized spacial score (nSPS) is 14.7. The summed E-state index contributed by atoms with van der Waals surface area (Å²) in [5.74, 6) is 0.420. The van der Waals surface area contributed by atoms with E-state index in [0.717, 1.165) is 42.6 Å². The summed E-state index contributed by atoms with van der Waals surface area (Å²) >= 11 is 1.28. The molecule has 3 aromatic rings. The number of carbonyl (C=O) groups excluding carboxylic acids is 2. The first-order chi connectivity index (χ1) is 16.6. The van der Waals surface area contributed by atoms with E-state index in [4.69, 9.17) is 4.74 Å². The van der Waals surface area contributed by atoms with Crippen molar-refractivity contribution in [1.29, 1.82) is 0 Å². The number of amides is 3. The first kappa shape index (κ1) is 23.7. The Bertz CT molecular complexity index is 1080. The van der Waals surface area contributed by atoms with E-state index < -0.39 is 6.04 Å². The Hall–Kier alpha value is -3.46. The van der Waals surface area contributed by atoms with Gasteiger partial charge in [-0.05, 0) is 42.7 Å². The Morgan fingerprint density at radius 2 is 1.76 bits per heavy atom. The molecule has 3 amide bonds. The number of methoxy groups -OCH3 is 1. The molecule has 1 aliphatic rings. The number of rotatable bonds is 8. The molecule has 8 nitrogen and oxygen atoms in total. The smallest absolute Gasteiger partial charge is 0.315 e. The van der Waals surface area contributed by atoms with E-state index in [0.29, 0.717) is 16.6 Å². The van der Waals surface area contributed by atoms with Crippen LogP contribution < -0.4 is 20.7 Å². The van der Waals surface area contributed by atoms with Gasteiger partial charge >= 0.3 is 6.03 Å². The lowest BCUT2D eigenvalue weighted by atomic mass is 9.96. The first-order valence-corrected chi connectivity index (χ1v) is 12.3. The Morgan fingerprint density at radius 1 is 1.03 bits per heavy atom. The van der Waals surface area contributed by atoms with E-state index in [1.54, 1.807) is 7.11 Å². The molecule has 0 aliphatic heterocycles. The molecule has 9 heteroatoms. The summed E-state index contributed by atoms with van der Waals surface area (Å²) in [7, 11) is 1.61. The summed E-state index contributed by atoms with van der Waals surface area (Å²) in [6.45, 7) is 0. The van der Waals surface area contributed by atoms with Gasteiger partial charge in [0.1, 0.15) is 16.8 Å². The monoisotopic (exact) mass is 479 g/mol. The van der Waals surface area contributed by atoms with Gasteiger partial charge in [0, 0.05) is 18.0 Å². The topological polar surface area (TPSA) is 105 Å². The summed E-state index contributed by atoms with van der Waals surface area (Å²) in [6, 6.07) is 16.2. The number of aromatic nitrogens is 2. The van der Waals surface area contributed by atoms with Crippen LogP contribution in [0.2, 0.25) is 0 Å². The van der Waals surface area contributed by atoms with E-state index in [9.17, 15) is 9.59 Å². The zero-order chi connectivity index (χ0) is 23.8. The number of nitrogens with one attached hydrogen (secondary N) is 3. The van der Waals surface area contributed by atoms with Crippen LogP contribution in [0, 0.1) is 0 Å². The van der Waals surface area contributed by atoms with Gasteiger partial charge in [0.05, 0.1) is 7.11 Å². The highest BCUT2D eigenvalue weighted by molar-refractivity contribution is 7.18. The third-order valence-electron chi connectivity index (χ3n) is 5.84. The number of benzene rings is 2. The molecule has 1 atom stereocenters. The molecular weight excluding hydrogens is 450 g/mol. The number of carbonyl (C=O) groups is 2. The van der Waals surface area contributed by atoms with Crippen molar-refractivity contribution in [3.05, 3.63) is 60.2 Å². The minimum absolute atomic E-state index is 0.157. The van der Waals surface area contributed by atoms with Gasteiger partial charge in [-0.3, -0.25) is 10.1 Å². The van der Waals surface area contributed by atoms with Gasteiger partial charge in [-0.15, -0.1) is 10.2 Å². The minimum Gasteiger partial charge on any atom is -0.497 e. The molecule has 0 bridgehead atoms. The van der Waals surface area contributed by atoms with Gasteiger partial charge in [-0.1, -0.05) is 60.9 Å². The summed E-state index contributed by atoms with van der Waals surface area (Å²) in [5, 5.41) is 18.1. The second-order valence-corrected chi connectivity index (χ2v) is 9.30. The second-order valence-electron chi connectivity index (χ2n) is 8.33. The average Bonchev–Trinajstić information content (AvgIpc) is 3.33. The molecule has 1 aliphatic carbocycles. The highest BCUT2D eigenvalue weighted by Crippen LogP contribution is 2.28. The maximum atomic E-state index is 13.1. The molecule has 0 spiro atoms. The lowest BCUT2D eigenvalue weighted by Crippen LogP contribution is -2.51. The van der Waals surface area contributed by atoms with Crippen molar-refractivity contribution in [2.24, 2.45) is 0 Å². The number of nitrogens with zero attached hydrogens (tertiary/aromatic N) is 2. The zero-order valence-electron chi connectivity index (χ0n) is 19.1. The fraction of sp³-hybridized carbons (Fsp3) is 0.360. The Morgan fingerprint density at radius 3 is 2.47 bits per heavy atom. The van der Waals surface area contributed by atoms with Crippen LogP contribution in [-0.4, -0.2) is 41.3 Å². The van der Waals surface area contributed by atoms with Crippen molar-refractivity contribution < 1.29 is 14.3 Å². The van der Waals surface area contributed by atoms with E-state index in [2.05, 4.69) is 26.1 Å². The van der Waals surface area contributed by atoms with Gasteiger partial charge in [-0.2, -0.15) is 0 Å². The van der Waals surface area contributed by atoms with Crippen LogP contribution in [0.4, 0.5) is 9.93 Å². The number of ether oxygens (including phenoxy) is 1. The van der Waals surface area contributed by atoms with Crippen molar-refractivity contribution in [2.75, 3.05) is 12.4 Å². The van der Waals surface area contributed by atoms with E-state index >= 15 is 0 Å². The summed E-state index contributed by atoms with van der Waals surface area (Å²) in [5.41, 5.74) is 1.83. The number of urea groups is 1. The Labute approximate surface area is 203 Å². The SMILES string of the molecule is COc1ccc(-c2nnc(NC(=O)C(Cc3ccccc3)NC(=O)NC3CCCCC3)s2)cc1. The number of hydrogen-bond acceptors (Lipinski definition) is 6.